The first-order valence-corrected chi connectivity index (χ1v) is 6.16. The van der Waals surface area contributed by atoms with Gasteiger partial charge in [0.15, 0.2) is 0 Å². The fraction of sp³-hybridized carbons (Fsp3) is 0.923. The number of rotatable bonds is 7. The van der Waals surface area contributed by atoms with Crippen molar-refractivity contribution in [1.82, 2.24) is 0 Å². The summed E-state index contributed by atoms with van der Waals surface area (Å²) in [6, 6.07) is 0. The van der Waals surface area contributed by atoms with E-state index in [-0.39, 0.29) is 5.60 Å². The van der Waals surface area contributed by atoms with Crippen LogP contribution in [0.2, 0.25) is 0 Å². The van der Waals surface area contributed by atoms with Crippen molar-refractivity contribution in [1.29, 1.82) is 0 Å². The smallest absolute Gasteiger partial charge is 0.119 e. The van der Waals surface area contributed by atoms with Crippen LogP contribution in [0.3, 0.4) is 0 Å². The topological polar surface area (TPSA) is 52.3 Å². The van der Waals surface area contributed by atoms with Crippen molar-refractivity contribution in [3.05, 3.63) is 0 Å². The number of methoxy groups -OCH3 is 1. The normalized spacial score (nSPS) is 10.6. The van der Waals surface area contributed by atoms with Crippen LogP contribution in [0.1, 0.15) is 59.3 Å². The zero-order chi connectivity index (χ0) is 12.9. The molecule has 0 fully saturated rings. The lowest BCUT2D eigenvalue weighted by atomic mass is 10.1. The van der Waals surface area contributed by atoms with Gasteiger partial charge in [0.2, 0.25) is 0 Å². The Kier molecular flexibility index (Phi) is 14.2. The summed E-state index contributed by atoms with van der Waals surface area (Å²) < 4.78 is 4.94. The van der Waals surface area contributed by atoms with Gasteiger partial charge in [0, 0.05) is 13.5 Å². The van der Waals surface area contributed by atoms with E-state index >= 15 is 0 Å². The second-order valence-corrected chi connectivity index (χ2v) is 4.83. The maximum atomic E-state index is 9.87. The van der Waals surface area contributed by atoms with Gasteiger partial charge in [0.05, 0.1) is 5.60 Å². The molecule has 0 bridgehead atoms. The summed E-state index contributed by atoms with van der Waals surface area (Å²) >= 11 is 0. The predicted octanol–water partition coefficient (Wildman–Crippen LogP) is 2.92. The first-order valence-electron chi connectivity index (χ1n) is 6.16. The van der Waals surface area contributed by atoms with Crippen molar-refractivity contribution >= 4 is 6.29 Å². The molecular formula is C13H29NO2. The highest BCUT2D eigenvalue weighted by molar-refractivity contribution is 5.48. The van der Waals surface area contributed by atoms with E-state index in [4.69, 9.17) is 10.5 Å². The Bertz CT molecular complexity index is 141. The number of unbranched alkanes of at least 4 members (excludes halogenated alkanes) is 5. The average Bonchev–Trinajstić information content (AvgIpc) is 2.23. The van der Waals surface area contributed by atoms with Crippen LogP contribution >= 0.6 is 0 Å². The van der Waals surface area contributed by atoms with Gasteiger partial charge in [0.1, 0.15) is 6.29 Å². The van der Waals surface area contributed by atoms with Gasteiger partial charge >= 0.3 is 0 Å². The van der Waals surface area contributed by atoms with Crippen molar-refractivity contribution in [3.8, 4) is 0 Å². The Balaban J connectivity index is 0. The molecule has 0 aliphatic rings. The van der Waals surface area contributed by atoms with E-state index in [9.17, 15) is 4.79 Å². The molecule has 0 rings (SSSR count). The molecule has 0 saturated heterocycles. The monoisotopic (exact) mass is 231 g/mol. The van der Waals surface area contributed by atoms with Crippen LogP contribution in [0.4, 0.5) is 0 Å². The zero-order valence-corrected chi connectivity index (χ0v) is 11.4. The van der Waals surface area contributed by atoms with E-state index in [1.165, 1.54) is 19.3 Å². The second-order valence-electron chi connectivity index (χ2n) is 4.83. The lowest BCUT2D eigenvalue weighted by Gasteiger charge is -2.14. The van der Waals surface area contributed by atoms with Crippen LogP contribution in [0.15, 0.2) is 0 Å². The molecule has 0 aliphatic carbocycles. The summed E-state index contributed by atoms with van der Waals surface area (Å²) in [7, 11) is 1.71. The van der Waals surface area contributed by atoms with Gasteiger partial charge in [-0.1, -0.05) is 19.3 Å². The summed E-state index contributed by atoms with van der Waals surface area (Å²) in [5, 5.41) is 0. The van der Waals surface area contributed by atoms with E-state index in [0.29, 0.717) is 0 Å². The summed E-state index contributed by atoms with van der Waals surface area (Å²) in [4.78, 5) is 9.87. The number of hydrogen-bond donors (Lipinski definition) is 1. The van der Waals surface area contributed by atoms with E-state index in [2.05, 4.69) is 0 Å². The highest BCUT2D eigenvalue weighted by Gasteiger charge is 2.04. The highest BCUT2D eigenvalue weighted by Crippen LogP contribution is 2.03. The fourth-order valence-corrected chi connectivity index (χ4v) is 0.902. The fourth-order valence-electron chi connectivity index (χ4n) is 0.902. The third kappa shape index (κ3) is 23.4. The summed E-state index contributed by atoms with van der Waals surface area (Å²) in [6.45, 7) is 6.86. The number of hydrogen-bond acceptors (Lipinski definition) is 3. The molecule has 0 aliphatic heterocycles. The molecule has 0 saturated carbocycles. The molecule has 0 atom stereocenters. The van der Waals surface area contributed by atoms with Gasteiger partial charge in [-0.2, -0.15) is 0 Å². The standard InChI is InChI=1S/C8H17NO.C5H12O/c9-7-5-3-1-2-4-6-8-10;1-5(2,3)6-4/h8H,1-7,9H2;1-4H3. The molecule has 98 valence electrons. The first-order chi connectivity index (χ1) is 7.47. The third-order valence-corrected chi connectivity index (χ3v) is 2.14. The van der Waals surface area contributed by atoms with Crippen LogP contribution in [0, 0.1) is 0 Å². The quantitative estimate of drug-likeness (QED) is 0.541. The number of ether oxygens (including phenoxy) is 1. The molecule has 0 aromatic carbocycles. The lowest BCUT2D eigenvalue weighted by Crippen LogP contribution is -2.15. The molecule has 0 heterocycles. The van der Waals surface area contributed by atoms with Crippen LogP contribution in [0.25, 0.3) is 0 Å². The van der Waals surface area contributed by atoms with Crippen LogP contribution in [-0.2, 0) is 9.53 Å². The van der Waals surface area contributed by atoms with Crippen molar-refractivity contribution in [2.75, 3.05) is 13.7 Å². The molecule has 0 spiro atoms. The molecular weight excluding hydrogens is 202 g/mol. The summed E-state index contributed by atoms with van der Waals surface area (Å²) in [5.41, 5.74) is 5.35. The molecule has 0 aromatic heterocycles. The Morgan fingerprint density at radius 2 is 1.50 bits per heavy atom. The van der Waals surface area contributed by atoms with Crippen LogP contribution in [-0.4, -0.2) is 25.5 Å². The number of aldehydes is 1. The SMILES string of the molecule is COC(C)(C)C.NCCCCCCCC=O. The van der Waals surface area contributed by atoms with Crippen LogP contribution < -0.4 is 5.73 Å². The third-order valence-electron chi connectivity index (χ3n) is 2.14. The molecule has 3 heteroatoms. The van der Waals surface area contributed by atoms with E-state index in [1.54, 1.807) is 7.11 Å². The molecule has 0 radical (unpaired) electrons. The second kappa shape index (κ2) is 12.7. The van der Waals surface area contributed by atoms with Gasteiger partial charge in [-0.15, -0.1) is 0 Å². The number of nitrogens with two attached hydrogens (primary N) is 1. The first kappa shape index (κ1) is 18.0. The summed E-state index contributed by atoms with van der Waals surface area (Å²) in [6.07, 6.45) is 7.51. The van der Waals surface area contributed by atoms with Crippen molar-refractivity contribution < 1.29 is 9.53 Å². The molecule has 2 N–H and O–H groups in total. The zero-order valence-electron chi connectivity index (χ0n) is 11.4. The summed E-state index contributed by atoms with van der Waals surface area (Å²) in [5.74, 6) is 0. The molecule has 16 heavy (non-hydrogen) atoms. The van der Waals surface area contributed by atoms with Gasteiger partial charge < -0.3 is 15.3 Å². The molecule has 0 unspecified atom stereocenters. The average molecular weight is 231 g/mol. The highest BCUT2D eigenvalue weighted by atomic mass is 16.5. The van der Waals surface area contributed by atoms with Crippen LogP contribution in [0.5, 0.6) is 0 Å². The number of carbonyl (C=O) groups is 1. The Hall–Kier alpha value is -0.410. The van der Waals surface area contributed by atoms with E-state index in [1.807, 2.05) is 20.8 Å². The van der Waals surface area contributed by atoms with E-state index in [0.717, 1.165) is 32.1 Å². The Labute approximate surface area is 101 Å². The van der Waals surface area contributed by atoms with Crippen molar-refractivity contribution in [2.45, 2.75) is 64.9 Å². The minimum absolute atomic E-state index is 0.0417. The Morgan fingerprint density at radius 1 is 1.06 bits per heavy atom. The minimum atomic E-state index is 0.0417. The lowest BCUT2D eigenvalue weighted by molar-refractivity contribution is -0.107. The molecule has 0 aromatic rings. The minimum Gasteiger partial charge on any atom is -0.379 e. The molecule has 0 amide bonds. The molecule has 3 nitrogen and oxygen atoms in total. The maximum Gasteiger partial charge on any atom is 0.119 e. The van der Waals surface area contributed by atoms with Gasteiger partial charge in [0.25, 0.3) is 0 Å². The van der Waals surface area contributed by atoms with E-state index < -0.39 is 0 Å². The van der Waals surface area contributed by atoms with Gasteiger partial charge in [-0.05, 0) is 40.2 Å². The number of carbonyl (C=O) groups excluding carboxylic acids is 1. The van der Waals surface area contributed by atoms with Gasteiger partial charge in [-0.3, -0.25) is 0 Å². The Morgan fingerprint density at radius 3 is 1.88 bits per heavy atom. The predicted molar refractivity (Wildman–Crippen MR) is 69.6 cm³/mol. The van der Waals surface area contributed by atoms with Gasteiger partial charge in [-0.25, -0.2) is 0 Å². The maximum absolute atomic E-state index is 9.87. The largest absolute Gasteiger partial charge is 0.379 e. The van der Waals surface area contributed by atoms with Crippen molar-refractivity contribution in [2.24, 2.45) is 5.73 Å². The van der Waals surface area contributed by atoms with Crippen molar-refractivity contribution in [3.63, 3.8) is 0 Å².